The molecule has 0 radical (unpaired) electrons. The summed E-state index contributed by atoms with van der Waals surface area (Å²) in [5, 5.41) is 5.47. The predicted octanol–water partition coefficient (Wildman–Crippen LogP) is 2.93. The van der Waals surface area contributed by atoms with Crippen molar-refractivity contribution in [3.8, 4) is 5.88 Å². The van der Waals surface area contributed by atoms with Gasteiger partial charge in [-0.1, -0.05) is 23.2 Å². The second kappa shape index (κ2) is 6.77. The fourth-order valence-electron chi connectivity index (χ4n) is 3.18. The van der Waals surface area contributed by atoms with Crippen LogP contribution >= 0.6 is 23.2 Å². The van der Waals surface area contributed by atoms with Crippen molar-refractivity contribution < 1.29 is 9.53 Å². The molecule has 1 aromatic heterocycles. The van der Waals surface area contributed by atoms with Crippen molar-refractivity contribution in [1.82, 2.24) is 14.7 Å². The molecule has 0 saturated carbocycles. The summed E-state index contributed by atoms with van der Waals surface area (Å²) < 4.78 is 7.30. The van der Waals surface area contributed by atoms with Crippen LogP contribution in [0.15, 0.2) is 24.3 Å². The number of rotatable bonds is 2. The highest BCUT2D eigenvalue weighted by Gasteiger charge is 2.26. The van der Waals surface area contributed by atoms with E-state index in [4.69, 9.17) is 27.9 Å². The summed E-state index contributed by atoms with van der Waals surface area (Å²) in [6.45, 7) is 4.25. The zero-order chi connectivity index (χ0) is 17.4. The maximum atomic E-state index is 12.7. The van der Waals surface area contributed by atoms with Crippen LogP contribution in [0.25, 0.3) is 0 Å². The van der Waals surface area contributed by atoms with Crippen LogP contribution in [-0.4, -0.2) is 53.4 Å². The average molecular weight is 381 g/mol. The first kappa shape index (κ1) is 16.5. The van der Waals surface area contributed by atoms with Gasteiger partial charge in [0, 0.05) is 50.9 Å². The Morgan fingerprint density at radius 2 is 1.84 bits per heavy atom. The summed E-state index contributed by atoms with van der Waals surface area (Å²) in [5.41, 5.74) is 1.48. The minimum Gasteiger partial charge on any atom is -0.478 e. The number of anilines is 1. The first-order chi connectivity index (χ1) is 12.1. The molecule has 0 N–H and O–H groups in total. The third kappa shape index (κ3) is 3.28. The Morgan fingerprint density at radius 3 is 2.56 bits per heavy atom. The maximum absolute atomic E-state index is 12.7. The molecule has 1 saturated heterocycles. The van der Waals surface area contributed by atoms with Gasteiger partial charge in [-0.25, -0.2) is 4.68 Å². The van der Waals surface area contributed by atoms with Gasteiger partial charge in [0.05, 0.1) is 16.7 Å². The number of aryl methyl sites for hydroxylation is 1. The summed E-state index contributed by atoms with van der Waals surface area (Å²) in [6, 6.07) is 7.36. The molecule has 1 fully saturated rings. The van der Waals surface area contributed by atoms with Gasteiger partial charge in [-0.2, -0.15) is 5.10 Å². The minimum absolute atomic E-state index is 0.0423. The summed E-state index contributed by atoms with van der Waals surface area (Å²) in [7, 11) is 0. The van der Waals surface area contributed by atoms with Crippen LogP contribution in [0, 0.1) is 0 Å². The Morgan fingerprint density at radius 1 is 1.04 bits per heavy atom. The number of aromatic nitrogens is 2. The van der Waals surface area contributed by atoms with E-state index in [1.54, 1.807) is 16.8 Å². The molecular weight excluding hydrogens is 363 g/mol. The van der Waals surface area contributed by atoms with E-state index in [0.29, 0.717) is 41.3 Å². The van der Waals surface area contributed by atoms with Crippen LogP contribution < -0.4 is 9.64 Å². The molecule has 0 atom stereocenters. The molecule has 1 aromatic carbocycles. The number of halogens is 2. The predicted molar refractivity (Wildman–Crippen MR) is 96.9 cm³/mol. The van der Waals surface area contributed by atoms with Crippen molar-refractivity contribution in [2.75, 3.05) is 37.7 Å². The normalized spacial score (nSPS) is 17.2. The molecule has 2 aliphatic rings. The van der Waals surface area contributed by atoms with E-state index in [2.05, 4.69) is 10.00 Å². The van der Waals surface area contributed by atoms with E-state index in [1.807, 2.05) is 17.0 Å². The lowest BCUT2D eigenvalue weighted by Gasteiger charge is -2.35. The van der Waals surface area contributed by atoms with Crippen LogP contribution in [-0.2, 0) is 6.54 Å². The van der Waals surface area contributed by atoms with Crippen LogP contribution in [0.1, 0.15) is 16.9 Å². The number of carbonyl (C=O) groups excluding carboxylic acids is 1. The molecular formula is C17H18Cl2N4O2. The smallest absolute Gasteiger partial charge is 0.274 e. The highest BCUT2D eigenvalue weighted by atomic mass is 35.5. The number of amides is 1. The molecule has 2 aromatic rings. The van der Waals surface area contributed by atoms with Gasteiger partial charge in [-0.3, -0.25) is 4.79 Å². The van der Waals surface area contributed by atoms with E-state index < -0.39 is 0 Å². The molecule has 6 nitrogen and oxygen atoms in total. The zero-order valence-electron chi connectivity index (χ0n) is 13.6. The Labute approximate surface area is 155 Å². The summed E-state index contributed by atoms with van der Waals surface area (Å²) in [5.74, 6) is 0.642. The molecule has 0 spiro atoms. The highest BCUT2D eigenvalue weighted by molar-refractivity contribution is 6.42. The van der Waals surface area contributed by atoms with Gasteiger partial charge in [-0.15, -0.1) is 0 Å². The first-order valence-electron chi connectivity index (χ1n) is 8.32. The SMILES string of the molecule is O=C(c1cc2n(n1)CCCO2)N1CCN(c2ccc(Cl)c(Cl)c2)CC1. The molecule has 4 rings (SSSR count). The van der Waals surface area contributed by atoms with Gasteiger partial charge in [0.2, 0.25) is 5.88 Å². The quantitative estimate of drug-likeness (QED) is 0.803. The van der Waals surface area contributed by atoms with Gasteiger partial charge < -0.3 is 14.5 Å². The molecule has 0 bridgehead atoms. The molecule has 1 amide bonds. The number of carbonyl (C=O) groups is 1. The lowest BCUT2D eigenvalue weighted by Crippen LogP contribution is -2.48. The highest BCUT2D eigenvalue weighted by Crippen LogP contribution is 2.28. The number of piperazine rings is 1. The topological polar surface area (TPSA) is 50.6 Å². The minimum atomic E-state index is -0.0423. The van der Waals surface area contributed by atoms with Gasteiger partial charge in [0.15, 0.2) is 5.69 Å². The van der Waals surface area contributed by atoms with Crippen LogP contribution in [0.2, 0.25) is 10.0 Å². The monoisotopic (exact) mass is 380 g/mol. The third-order valence-corrected chi connectivity index (χ3v) is 5.30. The fraction of sp³-hybridized carbons (Fsp3) is 0.412. The van der Waals surface area contributed by atoms with Gasteiger partial charge in [0.25, 0.3) is 5.91 Å². The second-order valence-electron chi connectivity index (χ2n) is 6.17. The summed E-state index contributed by atoms with van der Waals surface area (Å²) in [6.07, 6.45) is 0.921. The van der Waals surface area contributed by atoms with E-state index in [-0.39, 0.29) is 5.91 Å². The van der Waals surface area contributed by atoms with E-state index in [9.17, 15) is 4.79 Å². The molecule has 0 aliphatic carbocycles. The third-order valence-electron chi connectivity index (χ3n) is 4.56. The van der Waals surface area contributed by atoms with Crippen molar-refractivity contribution in [2.24, 2.45) is 0 Å². The number of nitrogens with zero attached hydrogens (tertiary/aromatic N) is 4. The number of hydrogen-bond acceptors (Lipinski definition) is 4. The van der Waals surface area contributed by atoms with Gasteiger partial charge in [-0.05, 0) is 18.2 Å². The van der Waals surface area contributed by atoms with Crippen molar-refractivity contribution in [1.29, 1.82) is 0 Å². The molecule has 8 heteroatoms. The molecule has 0 unspecified atom stereocenters. The number of hydrogen-bond donors (Lipinski definition) is 0. The Balaban J connectivity index is 1.42. The van der Waals surface area contributed by atoms with E-state index in [0.717, 1.165) is 31.7 Å². The summed E-state index contributed by atoms with van der Waals surface area (Å²) >= 11 is 12.1. The molecule has 132 valence electrons. The van der Waals surface area contributed by atoms with Crippen LogP contribution in [0.3, 0.4) is 0 Å². The standard InChI is InChI=1S/C17H18Cl2N4O2/c18-13-3-2-12(10-14(13)19)21-5-7-22(8-6-21)17(24)15-11-16-23(20-15)4-1-9-25-16/h2-3,10-11H,1,4-9H2. The average Bonchev–Trinajstić information content (AvgIpc) is 3.08. The molecule has 2 aliphatic heterocycles. The van der Waals surface area contributed by atoms with E-state index in [1.165, 1.54) is 0 Å². The number of benzene rings is 1. The maximum Gasteiger partial charge on any atom is 0.274 e. The Hall–Kier alpha value is -1.92. The second-order valence-corrected chi connectivity index (χ2v) is 6.99. The van der Waals surface area contributed by atoms with Gasteiger partial charge >= 0.3 is 0 Å². The molecule has 25 heavy (non-hydrogen) atoms. The number of fused-ring (bicyclic) bond motifs is 1. The Kier molecular flexibility index (Phi) is 4.48. The lowest BCUT2D eigenvalue weighted by molar-refractivity contribution is 0.0740. The van der Waals surface area contributed by atoms with Crippen LogP contribution in [0.5, 0.6) is 5.88 Å². The van der Waals surface area contributed by atoms with Crippen molar-refractivity contribution in [3.63, 3.8) is 0 Å². The zero-order valence-corrected chi connectivity index (χ0v) is 15.1. The first-order valence-corrected chi connectivity index (χ1v) is 9.07. The Bertz CT molecular complexity index is 776. The largest absolute Gasteiger partial charge is 0.478 e. The van der Waals surface area contributed by atoms with Crippen molar-refractivity contribution in [2.45, 2.75) is 13.0 Å². The van der Waals surface area contributed by atoms with Crippen molar-refractivity contribution in [3.05, 3.63) is 40.0 Å². The van der Waals surface area contributed by atoms with Crippen molar-refractivity contribution >= 4 is 34.8 Å². The van der Waals surface area contributed by atoms with E-state index >= 15 is 0 Å². The summed E-state index contributed by atoms with van der Waals surface area (Å²) in [4.78, 5) is 16.7. The lowest BCUT2D eigenvalue weighted by atomic mass is 10.2. The van der Waals surface area contributed by atoms with Crippen LogP contribution in [0.4, 0.5) is 5.69 Å². The molecule has 3 heterocycles. The number of ether oxygens (including phenoxy) is 1. The fourth-order valence-corrected chi connectivity index (χ4v) is 3.48. The van der Waals surface area contributed by atoms with Gasteiger partial charge in [0.1, 0.15) is 0 Å².